The number of anilines is 1. The van der Waals surface area contributed by atoms with Crippen LogP contribution in [-0.2, 0) is 11.3 Å². The Morgan fingerprint density at radius 3 is 2.59 bits per heavy atom. The van der Waals surface area contributed by atoms with Gasteiger partial charge in [0.2, 0.25) is 5.91 Å². The van der Waals surface area contributed by atoms with Crippen LogP contribution in [0.25, 0.3) is 10.9 Å². The number of nitrogens with zero attached hydrogens (tertiary/aromatic N) is 2. The summed E-state index contributed by atoms with van der Waals surface area (Å²) in [6, 6.07) is 14.5. The SMILES string of the molecule is Cc1cc(N2CCC(C(=O)NCc3ccccc3)CC2)c2ccc(F)c(F)c2n1. The lowest BCUT2D eigenvalue weighted by atomic mass is 9.95. The van der Waals surface area contributed by atoms with Crippen LogP contribution in [0.15, 0.2) is 48.5 Å². The van der Waals surface area contributed by atoms with Crippen molar-refractivity contribution in [2.45, 2.75) is 26.3 Å². The normalized spacial score (nSPS) is 14.9. The second-order valence-corrected chi connectivity index (χ2v) is 7.51. The van der Waals surface area contributed by atoms with Gasteiger partial charge in [-0.1, -0.05) is 30.3 Å². The molecular formula is C23H23F2N3O. The zero-order valence-corrected chi connectivity index (χ0v) is 16.3. The molecule has 6 heteroatoms. The van der Waals surface area contributed by atoms with E-state index in [-0.39, 0.29) is 17.3 Å². The Bertz CT molecular complexity index is 1030. The molecule has 1 aliphatic rings. The zero-order chi connectivity index (χ0) is 20.4. The number of rotatable bonds is 4. The minimum atomic E-state index is -0.914. The molecule has 150 valence electrons. The minimum Gasteiger partial charge on any atom is -0.371 e. The number of halogens is 2. The summed E-state index contributed by atoms with van der Waals surface area (Å²) in [6.45, 7) is 3.66. The van der Waals surface area contributed by atoms with E-state index < -0.39 is 11.6 Å². The Labute approximate surface area is 168 Å². The summed E-state index contributed by atoms with van der Waals surface area (Å²) < 4.78 is 27.8. The summed E-state index contributed by atoms with van der Waals surface area (Å²) in [5.41, 5.74) is 2.61. The molecule has 2 heterocycles. The fourth-order valence-corrected chi connectivity index (χ4v) is 3.91. The van der Waals surface area contributed by atoms with E-state index in [2.05, 4.69) is 15.2 Å². The van der Waals surface area contributed by atoms with Gasteiger partial charge < -0.3 is 10.2 Å². The number of hydrogen-bond acceptors (Lipinski definition) is 3. The molecule has 0 aliphatic carbocycles. The maximum absolute atomic E-state index is 14.2. The lowest BCUT2D eigenvalue weighted by molar-refractivity contribution is -0.125. The Morgan fingerprint density at radius 2 is 1.86 bits per heavy atom. The van der Waals surface area contributed by atoms with Gasteiger partial charge in [-0.05, 0) is 43.5 Å². The highest BCUT2D eigenvalue weighted by Crippen LogP contribution is 2.32. The van der Waals surface area contributed by atoms with Gasteiger partial charge in [0.25, 0.3) is 0 Å². The number of benzene rings is 2. The number of carbonyl (C=O) groups excluding carboxylic acids is 1. The molecule has 1 amide bonds. The van der Waals surface area contributed by atoms with Crippen molar-refractivity contribution in [1.29, 1.82) is 0 Å². The highest BCUT2D eigenvalue weighted by Gasteiger charge is 2.26. The van der Waals surface area contributed by atoms with Crippen LogP contribution in [0.1, 0.15) is 24.1 Å². The highest BCUT2D eigenvalue weighted by atomic mass is 19.2. The van der Waals surface area contributed by atoms with Crippen LogP contribution in [0.5, 0.6) is 0 Å². The molecule has 3 aromatic rings. The van der Waals surface area contributed by atoms with E-state index in [0.29, 0.717) is 43.6 Å². The van der Waals surface area contributed by atoms with Gasteiger partial charge in [-0.3, -0.25) is 4.79 Å². The van der Waals surface area contributed by atoms with Crippen molar-refractivity contribution in [3.8, 4) is 0 Å². The maximum atomic E-state index is 14.2. The second-order valence-electron chi connectivity index (χ2n) is 7.51. The van der Waals surface area contributed by atoms with E-state index in [1.54, 1.807) is 13.0 Å². The lowest BCUT2D eigenvalue weighted by Gasteiger charge is -2.33. The van der Waals surface area contributed by atoms with Crippen molar-refractivity contribution in [3.05, 3.63) is 71.4 Å². The van der Waals surface area contributed by atoms with Crippen molar-refractivity contribution < 1.29 is 13.6 Å². The number of amides is 1. The Kier molecular flexibility index (Phi) is 5.43. The summed E-state index contributed by atoms with van der Waals surface area (Å²) in [7, 11) is 0. The first-order valence-corrected chi connectivity index (χ1v) is 9.85. The van der Waals surface area contributed by atoms with Crippen LogP contribution < -0.4 is 10.2 Å². The summed E-state index contributed by atoms with van der Waals surface area (Å²) in [5, 5.41) is 3.62. The van der Waals surface area contributed by atoms with Crippen molar-refractivity contribution in [1.82, 2.24) is 10.3 Å². The van der Waals surface area contributed by atoms with Crippen LogP contribution in [0, 0.1) is 24.5 Å². The first-order chi connectivity index (χ1) is 14.0. The van der Waals surface area contributed by atoms with Gasteiger partial charge in [0.1, 0.15) is 5.52 Å². The zero-order valence-electron chi connectivity index (χ0n) is 16.3. The molecule has 29 heavy (non-hydrogen) atoms. The minimum absolute atomic E-state index is 0.0432. The Morgan fingerprint density at radius 1 is 1.14 bits per heavy atom. The third kappa shape index (κ3) is 4.06. The summed E-state index contributed by atoms with van der Waals surface area (Å²) >= 11 is 0. The van der Waals surface area contributed by atoms with Gasteiger partial charge in [0.05, 0.1) is 0 Å². The van der Waals surface area contributed by atoms with Crippen molar-refractivity contribution in [3.63, 3.8) is 0 Å². The second kappa shape index (κ2) is 8.15. The van der Waals surface area contributed by atoms with Crippen LogP contribution in [0.2, 0.25) is 0 Å². The van der Waals surface area contributed by atoms with Crippen molar-refractivity contribution in [2.75, 3.05) is 18.0 Å². The molecule has 0 unspecified atom stereocenters. The molecule has 1 aliphatic heterocycles. The smallest absolute Gasteiger partial charge is 0.223 e. The molecule has 0 radical (unpaired) electrons. The summed E-state index contributed by atoms with van der Waals surface area (Å²) in [5.74, 6) is -1.78. The van der Waals surface area contributed by atoms with E-state index in [4.69, 9.17) is 0 Å². The monoisotopic (exact) mass is 395 g/mol. The van der Waals surface area contributed by atoms with Gasteiger partial charge in [0, 0.05) is 42.3 Å². The highest BCUT2D eigenvalue weighted by molar-refractivity contribution is 5.92. The van der Waals surface area contributed by atoms with E-state index in [1.165, 1.54) is 0 Å². The molecule has 2 aromatic carbocycles. The first kappa shape index (κ1) is 19.3. The van der Waals surface area contributed by atoms with E-state index >= 15 is 0 Å². The van der Waals surface area contributed by atoms with Crippen LogP contribution >= 0.6 is 0 Å². The average Bonchev–Trinajstić information content (AvgIpc) is 2.75. The third-order valence-electron chi connectivity index (χ3n) is 5.49. The largest absolute Gasteiger partial charge is 0.371 e. The fraction of sp³-hybridized carbons (Fsp3) is 0.304. The van der Waals surface area contributed by atoms with E-state index in [1.807, 2.05) is 36.4 Å². The number of hydrogen-bond donors (Lipinski definition) is 1. The molecule has 0 atom stereocenters. The predicted molar refractivity (Wildman–Crippen MR) is 110 cm³/mol. The van der Waals surface area contributed by atoms with Gasteiger partial charge >= 0.3 is 0 Å². The number of pyridine rings is 1. The molecule has 1 saturated heterocycles. The third-order valence-corrected chi connectivity index (χ3v) is 5.49. The summed E-state index contributed by atoms with van der Waals surface area (Å²) in [4.78, 5) is 18.8. The molecule has 1 N–H and O–H groups in total. The van der Waals surface area contributed by atoms with Crippen LogP contribution in [-0.4, -0.2) is 24.0 Å². The van der Waals surface area contributed by atoms with Gasteiger partial charge in [-0.15, -0.1) is 0 Å². The quantitative estimate of drug-likeness (QED) is 0.714. The average molecular weight is 395 g/mol. The topological polar surface area (TPSA) is 45.2 Å². The number of aryl methyl sites for hydroxylation is 1. The Hall–Kier alpha value is -3.02. The standard InChI is InChI=1S/C23H23F2N3O/c1-15-13-20(18-7-8-19(24)21(25)22(18)27-15)28-11-9-17(10-12-28)23(29)26-14-16-5-3-2-4-6-16/h2-8,13,17H,9-12,14H2,1H3,(H,26,29). The molecular weight excluding hydrogens is 372 g/mol. The van der Waals surface area contributed by atoms with Gasteiger partial charge in [-0.2, -0.15) is 0 Å². The molecule has 0 bridgehead atoms. The van der Waals surface area contributed by atoms with Crippen LogP contribution in [0.3, 0.4) is 0 Å². The molecule has 1 aromatic heterocycles. The van der Waals surface area contributed by atoms with Crippen LogP contribution in [0.4, 0.5) is 14.5 Å². The maximum Gasteiger partial charge on any atom is 0.223 e. The molecule has 0 saturated carbocycles. The van der Waals surface area contributed by atoms with E-state index in [0.717, 1.165) is 17.3 Å². The summed E-state index contributed by atoms with van der Waals surface area (Å²) in [6.07, 6.45) is 1.43. The number of piperidine rings is 1. The molecule has 1 fully saturated rings. The number of nitrogens with one attached hydrogen (secondary N) is 1. The van der Waals surface area contributed by atoms with E-state index in [9.17, 15) is 13.6 Å². The first-order valence-electron chi connectivity index (χ1n) is 9.85. The molecule has 4 rings (SSSR count). The molecule has 4 nitrogen and oxygen atoms in total. The number of carbonyl (C=O) groups is 1. The predicted octanol–water partition coefficient (Wildman–Crippen LogP) is 4.35. The van der Waals surface area contributed by atoms with Gasteiger partial charge in [-0.25, -0.2) is 13.8 Å². The molecule has 0 spiro atoms. The fourth-order valence-electron chi connectivity index (χ4n) is 3.91. The van der Waals surface area contributed by atoms with Crippen molar-refractivity contribution in [2.24, 2.45) is 5.92 Å². The number of fused-ring (bicyclic) bond motifs is 1. The van der Waals surface area contributed by atoms with Crippen molar-refractivity contribution >= 4 is 22.5 Å². The number of aromatic nitrogens is 1. The Balaban J connectivity index is 1.44. The lowest BCUT2D eigenvalue weighted by Crippen LogP contribution is -2.40. The van der Waals surface area contributed by atoms with Gasteiger partial charge in [0.15, 0.2) is 11.6 Å².